The molecule has 128 valence electrons. The van der Waals surface area contributed by atoms with Crippen molar-refractivity contribution < 1.29 is 5.11 Å². The first-order chi connectivity index (χ1) is 12.4. The Bertz CT molecular complexity index is 1190. The Hall–Kier alpha value is -3.32. The van der Waals surface area contributed by atoms with E-state index in [1.54, 1.807) is 12.1 Å². The van der Waals surface area contributed by atoms with Crippen molar-refractivity contribution >= 4 is 21.8 Å². The predicted octanol–water partition coefficient (Wildman–Crippen LogP) is 5.05. The van der Waals surface area contributed by atoms with Crippen molar-refractivity contribution in [3.05, 3.63) is 65.9 Å². The zero-order valence-corrected chi connectivity index (χ0v) is 15.0. The van der Waals surface area contributed by atoms with Crippen molar-refractivity contribution in [2.75, 3.05) is 0 Å². The lowest BCUT2D eigenvalue weighted by Crippen LogP contribution is -2.12. The molecule has 0 saturated heterocycles. The molecule has 26 heavy (non-hydrogen) atoms. The van der Waals surface area contributed by atoms with Crippen molar-refractivity contribution in [3.8, 4) is 17.6 Å². The molecule has 0 unspecified atom stereocenters. The predicted molar refractivity (Wildman–Crippen MR) is 104 cm³/mol. The minimum absolute atomic E-state index is 0.00651. The van der Waals surface area contributed by atoms with Gasteiger partial charge in [0.25, 0.3) is 0 Å². The van der Waals surface area contributed by atoms with Gasteiger partial charge in [-0.1, -0.05) is 20.8 Å². The van der Waals surface area contributed by atoms with Crippen LogP contribution in [0.5, 0.6) is 5.75 Å². The summed E-state index contributed by atoms with van der Waals surface area (Å²) in [5.41, 5.74) is 3.64. The smallest absolute Gasteiger partial charge is 0.137 e. The number of benzene rings is 2. The average Bonchev–Trinajstić information content (AvgIpc) is 2.93. The number of hydrogen-bond acceptors (Lipinski definition) is 3. The minimum atomic E-state index is 0.00651. The molecule has 2 aromatic heterocycles. The van der Waals surface area contributed by atoms with Crippen LogP contribution in [0.15, 0.2) is 54.7 Å². The van der Waals surface area contributed by atoms with E-state index in [1.807, 2.05) is 41.1 Å². The maximum absolute atomic E-state index is 10.0. The molecule has 0 amide bonds. The molecule has 4 aromatic rings. The van der Waals surface area contributed by atoms with Gasteiger partial charge in [-0.3, -0.25) is 4.57 Å². The fraction of sp³-hybridized carbons (Fsp3) is 0.182. The highest BCUT2D eigenvalue weighted by molar-refractivity contribution is 6.09. The van der Waals surface area contributed by atoms with Crippen LogP contribution in [-0.2, 0) is 5.41 Å². The summed E-state index contributed by atoms with van der Waals surface area (Å²) in [6.45, 7) is 6.51. The van der Waals surface area contributed by atoms with E-state index in [9.17, 15) is 10.4 Å². The number of aromatic nitrogens is 2. The van der Waals surface area contributed by atoms with Crippen LogP contribution in [0.25, 0.3) is 27.6 Å². The third-order valence-corrected chi connectivity index (χ3v) is 4.72. The summed E-state index contributed by atoms with van der Waals surface area (Å²) in [5, 5.41) is 21.2. The van der Waals surface area contributed by atoms with Gasteiger partial charge in [-0.2, -0.15) is 5.26 Å². The molecule has 0 spiro atoms. The summed E-state index contributed by atoms with van der Waals surface area (Å²) >= 11 is 0. The number of rotatable bonds is 1. The van der Waals surface area contributed by atoms with Gasteiger partial charge >= 0.3 is 0 Å². The van der Waals surface area contributed by atoms with E-state index < -0.39 is 0 Å². The lowest BCUT2D eigenvalue weighted by molar-refractivity contribution is 0.476. The monoisotopic (exact) mass is 341 g/mol. The number of pyridine rings is 1. The van der Waals surface area contributed by atoms with Gasteiger partial charge in [0.1, 0.15) is 11.6 Å². The van der Waals surface area contributed by atoms with Crippen LogP contribution in [-0.4, -0.2) is 14.7 Å². The van der Waals surface area contributed by atoms with Crippen LogP contribution in [0, 0.1) is 11.3 Å². The number of nitriles is 1. The SMILES string of the molecule is CC(C)(C)c1ccnc(-n2c3ccc(C#N)cc3c3ccc(O)cc32)c1. The molecule has 4 nitrogen and oxygen atoms in total. The molecule has 1 N–H and O–H groups in total. The Morgan fingerprint density at radius 1 is 0.962 bits per heavy atom. The summed E-state index contributed by atoms with van der Waals surface area (Å²) in [6, 6.07) is 17.3. The largest absolute Gasteiger partial charge is 0.508 e. The Kier molecular flexibility index (Phi) is 3.48. The third kappa shape index (κ3) is 2.49. The first-order valence-electron chi connectivity index (χ1n) is 8.53. The maximum atomic E-state index is 10.0. The van der Waals surface area contributed by atoms with E-state index in [0.717, 1.165) is 27.6 Å². The van der Waals surface area contributed by atoms with Gasteiger partial charge in [0, 0.05) is 23.0 Å². The standard InChI is InChI=1S/C22H19N3O/c1-22(2,3)15-8-9-24-21(11-15)25-19-7-4-14(13-23)10-18(19)17-6-5-16(26)12-20(17)25/h4-12,26H,1-3H3. The molecule has 0 aliphatic heterocycles. The van der Waals surface area contributed by atoms with E-state index >= 15 is 0 Å². The van der Waals surface area contributed by atoms with Crippen LogP contribution in [0.3, 0.4) is 0 Å². The van der Waals surface area contributed by atoms with Gasteiger partial charge in [-0.25, -0.2) is 4.98 Å². The van der Waals surface area contributed by atoms with Gasteiger partial charge < -0.3 is 5.11 Å². The van der Waals surface area contributed by atoms with E-state index in [0.29, 0.717) is 5.56 Å². The molecule has 0 atom stereocenters. The van der Waals surface area contributed by atoms with E-state index in [-0.39, 0.29) is 11.2 Å². The lowest BCUT2D eigenvalue weighted by Gasteiger charge is -2.20. The van der Waals surface area contributed by atoms with E-state index in [4.69, 9.17) is 0 Å². The third-order valence-electron chi connectivity index (χ3n) is 4.72. The summed E-state index contributed by atoms with van der Waals surface area (Å²) in [4.78, 5) is 4.58. The van der Waals surface area contributed by atoms with Crippen LogP contribution < -0.4 is 0 Å². The summed E-state index contributed by atoms with van der Waals surface area (Å²) < 4.78 is 2.04. The molecule has 0 aliphatic rings. The molecule has 4 rings (SSSR count). The second-order valence-electron chi connectivity index (χ2n) is 7.53. The zero-order valence-electron chi connectivity index (χ0n) is 15.0. The molecule has 0 aliphatic carbocycles. The lowest BCUT2D eigenvalue weighted by atomic mass is 9.88. The zero-order chi connectivity index (χ0) is 18.5. The molecular formula is C22H19N3O. The Labute approximate surface area is 152 Å². The quantitative estimate of drug-likeness (QED) is 0.527. The highest BCUT2D eigenvalue weighted by Crippen LogP contribution is 2.34. The molecular weight excluding hydrogens is 322 g/mol. The van der Waals surface area contributed by atoms with Crippen molar-refractivity contribution in [1.29, 1.82) is 5.26 Å². The molecule has 4 heteroatoms. The number of nitrogens with zero attached hydrogens (tertiary/aromatic N) is 3. The number of fused-ring (bicyclic) bond motifs is 3. The van der Waals surface area contributed by atoms with Gasteiger partial charge in [0.2, 0.25) is 0 Å². The second kappa shape index (κ2) is 5.60. The van der Waals surface area contributed by atoms with Crippen molar-refractivity contribution in [2.24, 2.45) is 0 Å². The highest BCUT2D eigenvalue weighted by Gasteiger charge is 2.18. The number of phenols is 1. The van der Waals surface area contributed by atoms with Crippen molar-refractivity contribution in [2.45, 2.75) is 26.2 Å². The molecule has 0 bridgehead atoms. The van der Waals surface area contributed by atoms with E-state index in [1.165, 1.54) is 5.56 Å². The number of hydrogen-bond donors (Lipinski definition) is 1. The fourth-order valence-electron chi connectivity index (χ4n) is 3.33. The molecule has 0 radical (unpaired) electrons. The van der Waals surface area contributed by atoms with Crippen LogP contribution in [0.1, 0.15) is 31.9 Å². The van der Waals surface area contributed by atoms with Gasteiger partial charge in [-0.05, 0) is 53.4 Å². The Morgan fingerprint density at radius 2 is 1.77 bits per heavy atom. The normalized spacial score (nSPS) is 11.8. The topological polar surface area (TPSA) is 61.8 Å². The minimum Gasteiger partial charge on any atom is -0.508 e. The first kappa shape index (κ1) is 16.2. The summed E-state index contributed by atoms with van der Waals surface area (Å²) in [5.74, 6) is 1.00. The Morgan fingerprint density at radius 3 is 2.50 bits per heavy atom. The van der Waals surface area contributed by atoms with Crippen molar-refractivity contribution in [3.63, 3.8) is 0 Å². The van der Waals surface area contributed by atoms with Crippen molar-refractivity contribution in [1.82, 2.24) is 9.55 Å². The first-order valence-corrected chi connectivity index (χ1v) is 8.53. The van der Waals surface area contributed by atoms with Crippen LogP contribution in [0.4, 0.5) is 0 Å². The summed E-state index contributed by atoms with van der Waals surface area (Å²) in [7, 11) is 0. The molecule has 2 aromatic carbocycles. The molecule has 0 fully saturated rings. The van der Waals surface area contributed by atoms with Crippen LogP contribution >= 0.6 is 0 Å². The highest BCUT2D eigenvalue weighted by atomic mass is 16.3. The molecule has 0 saturated carbocycles. The average molecular weight is 341 g/mol. The van der Waals surface area contributed by atoms with Gasteiger partial charge in [-0.15, -0.1) is 0 Å². The summed E-state index contributed by atoms with van der Waals surface area (Å²) in [6.07, 6.45) is 1.82. The molecule has 2 heterocycles. The number of phenolic OH excluding ortho intramolecular Hbond substituents is 1. The second-order valence-corrected chi connectivity index (χ2v) is 7.53. The fourth-order valence-corrected chi connectivity index (χ4v) is 3.33. The van der Waals surface area contributed by atoms with Crippen LogP contribution in [0.2, 0.25) is 0 Å². The van der Waals surface area contributed by atoms with Gasteiger partial charge in [0.05, 0.1) is 22.7 Å². The maximum Gasteiger partial charge on any atom is 0.137 e. The van der Waals surface area contributed by atoms with E-state index in [2.05, 4.69) is 37.9 Å². The van der Waals surface area contributed by atoms with Gasteiger partial charge in [0.15, 0.2) is 0 Å². The number of aromatic hydroxyl groups is 1. The Balaban J connectivity index is 2.11.